The molecule has 0 aliphatic carbocycles. The smallest absolute Gasteiger partial charge is 0.310 e. The van der Waals surface area contributed by atoms with Crippen LogP contribution in [0.25, 0.3) is 0 Å². The highest BCUT2D eigenvalue weighted by Gasteiger charge is 2.02. The van der Waals surface area contributed by atoms with E-state index in [9.17, 15) is 4.79 Å². The van der Waals surface area contributed by atoms with Crippen molar-refractivity contribution in [2.45, 2.75) is 155 Å². The van der Waals surface area contributed by atoms with Gasteiger partial charge in [0.2, 0.25) is 0 Å². The lowest BCUT2D eigenvalue weighted by atomic mass is 10.0. The summed E-state index contributed by atoms with van der Waals surface area (Å²) in [5, 5.41) is 0. The van der Waals surface area contributed by atoms with Gasteiger partial charge in [0.15, 0.2) is 0 Å². The highest BCUT2D eigenvalue weighted by Crippen LogP contribution is 2.15. The number of allylic oxidation sites excluding steroid dienone is 1. The zero-order valence-corrected chi connectivity index (χ0v) is 20.1. The van der Waals surface area contributed by atoms with Gasteiger partial charge in [-0.3, -0.25) is 4.79 Å². The molecule has 0 saturated heterocycles. The largest absolute Gasteiger partial charge is 0.432 e. The van der Waals surface area contributed by atoms with E-state index in [1.165, 1.54) is 122 Å². The molecule has 2 nitrogen and oxygen atoms in total. The summed E-state index contributed by atoms with van der Waals surface area (Å²) in [5.74, 6) is 0.369. The lowest BCUT2D eigenvalue weighted by molar-refractivity contribution is -0.139. The van der Waals surface area contributed by atoms with Crippen LogP contribution in [0.3, 0.4) is 0 Å². The van der Waals surface area contributed by atoms with Crippen molar-refractivity contribution in [3.05, 3.63) is 12.3 Å². The predicted octanol–water partition coefficient (Wildman–Crippen LogP) is 9.67. The molecule has 0 unspecified atom stereocenters. The maximum Gasteiger partial charge on any atom is 0.310 e. The highest BCUT2D eigenvalue weighted by atomic mass is 16.5. The van der Waals surface area contributed by atoms with Crippen LogP contribution in [0.5, 0.6) is 0 Å². The van der Waals surface area contributed by atoms with Gasteiger partial charge in [0.05, 0.1) is 5.76 Å². The molecule has 0 spiro atoms. The van der Waals surface area contributed by atoms with Crippen LogP contribution in [-0.4, -0.2) is 5.97 Å². The average molecular weight is 409 g/mol. The van der Waals surface area contributed by atoms with Crippen molar-refractivity contribution >= 4 is 5.97 Å². The van der Waals surface area contributed by atoms with Gasteiger partial charge < -0.3 is 4.74 Å². The fourth-order valence-corrected chi connectivity index (χ4v) is 3.95. The van der Waals surface area contributed by atoms with Crippen LogP contribution in [0.2, 0.25) is 0 Å². The molecule has 2 heteroatoms. The van der Waals surface area contributed by atoms with Gasteiger partial charge in [-0.15, -0.1) is 0 Å². The molecule has 0 aromatic rings. The average Bonchev–Trinajstić information content (AvgIpc) is 2.68. The van der Waals surface area contributed by atoms with Gasteiger partial charge in [-0.05, 0) is 13.3 Å². The molecule has 0 N–H and O–H groups in total. The second-order valence-corrected chi connectivity index (χ2v) is 9.00. The monoisotopic (exact) mass is 408 g/mol. The Bertz CT molecular complexity index is 362. The quantitative estimate of drug-likeness (QED) is 0.0955. The van der Waals surface area contributed by atoms with Gasteiger partial charge in [0, 0.05) is 6.42 Å². The third-order valence-corrected chi connectivity index (χ3v) is 5.77. The minimum absolute atomic E-state index is 0.129. The minimum Gasteiger partial charge on any atom is -0.432 e. The summed E-state index contributed by atoms with van der Waals surface area (Å²) in [6.45, 7) is 7.60. The van der Waals surface area contributed by atoms with Crippen LogP contribution in [0.4, 0.5) is 0 Å². The lowest BCUT2D eigenvalue weighted by Gasteiger charge is -2.04. The number of carbonyl (C=O) groups excluding carboxylic acids is 1. The van der Waals surface area contributed by atoms with Gasteiger partial charge in [-0.25, -0.2) is 0 Å². The Kier molecular flexibility index (Phi) is 22.8. The summed E-state index contributed by atoms with van der Waals surface area (Å²) in [4.78, 5) is 11.4. The van der Waals surface area contributed by atoms with E-state index < -0.39 is 0 Å². The van der Waals surface area contributed by atoms with E-state index in [-0.39, 0.29) is 5.97 Å². The molecule has 0 atom stereocenters. The summed E-state index contributed by atoms with van der Waals surface area (Å²) in [6, 6.07) is 0. The first-order valence-corrected chi connectivity index (χ1v) is 13.0. The molecule has 0 aromatic heterocycles. The van der Waals surface area contributed by atoms with Gasteiger partial charge in [0.25, 0.3) is 0 Å². The van der Waals surface area contributed by atoms with Gasteiger partial charge in [-0.1, -0.05) is 142 Å². The van der Waals surface area contributed by atoms with Crippen LogP contribution in [-0.2, 0) is 9.53 Å². The van der Waals surface area contributed by atoms with Crippen LogP contribution in [0.15, 0.2) is 12.3 Å². The van der Waals surface area contributed by atoms with E-state index in [0.29, 0.717) is 12.2 Å². The number of carbonyl (C=O) groups is 1. The highest BCUT2D eigenvalue weighted by molar-refractivity contribution is 5.70. The standard InChI is InChI=1S/C27H52O2/c1-4-5-6-7-8-9-10-11-12-13-14-15-16-17-18-19-20-21-22-23-24-25-27(28)29-26(2)3/h2,4-25H2,1,3H3. The van der Waals surface area contributed by atoms with Gasteiger partial charge >= 0.3 is 5.97 Å². The fourth-order valence-electron chi connectivity index (χ4n) is 3.95. The van der Waals surface area contributed by atoms with E-state index in [0.717, 1.165) is 12.8 Å². The second-order valence-electron chi connectivity index (χ2n) is 9.00. The Balaban J connectivity index is 3.07. The molecule has 0 aromatic carbocycles. The maximum absolute atomic E-state index is 11.4. The zero-order valence-electron chi connectivity index (χ0n) is 20.1. The van der Waals surface area contributed by atoms with Gasteiger partial charge in [-0.2, -0.15) is 0 Å². The first-order chi connectivity index (χ1) is 14.2. The molecule has 0 bridgehead atoms. The molecule has 0 fully saturated rings. The molecular formula is C27H52O2. The Morgan fingerprint density at radius 1 is 0.552 bits per heavy atom. The molecule has 0 heterocycles. The van der Waals surface area contributed by atoms with E-state index >= 15 is 0 Å². The summed E-state index contributed by atoms with van der Waals surface area (Å²) < 4.78 is 4.96. The molecule has 0 aliphatic heterocycles. The molecule has 29 heavy (non-hydrogen) atoms. The van der Waals surface area contributed by atoms with Crippen molar-refractivity contribution in [2.75, 3.05) is 0 Å². The van der Waals surface area contributed by atoms with Crippen molar-refractivity contribution in [1.29, 1.82) is 0 Å². The van der Waals surface area contributed by atoms with Crippen molar-refractivity contribution in [3.63, 3.8) is 0 Å². The van der Waals surface area contributed by atoms with Crippen LogP contribution in [0.1, 0.15) is 155 Å². The molecule has 0 rings (SSSR count). The molecule has 0 aliphatic rings. The lowest BCUT2D eigenvalue weighted by Crippen LogP contribution is -2.01. The van der Waals surface area contributed by atoms with Crippen LogP contribution >= 0.6 is 0 Å². The number of rotatable bonds is 23. The summed E-state index contributed by atoms with van der Waals surface area (Å²) in [7, 11) is 0. The van der Waals surface area contributed by atoms with E-state index in [4.69, 9.17) is 4.74 Å². The maximum atomic E-state index is 11.4. The molecule has 0 saturated carbocycles. The van der Waals surface area contributed by atoms with Gasteiger partial charge in [0.1, 0.15) is 0 Å². The fraction of sp³-hybridized carbons (Fsp3) is 0.889. The Morgan fingerprint density at radius 2 is 0.828 bits per heavy atom. The summed E-state index contributed by atoms with van der Waals surface area (Å²) in [6.07, 6.45) is 29.5. The second kappa shape index (κ2) is 23.5. The Morgan fingerprint density at radius 3 is 1.10 bits per heavy atom. The third-order valence-electron chi connectivity index (χ3n) is 5.77. The van der Waals surface area contributed by atoms with Crippen LogP contribution in [0, 0.1) is 0 Å². The molecule has 0 amide bonds. The first-order valence-electron chi connectivity index (χ1n) is 13.0. The summed E-state index contributed by atoms with van der Waals surface area (Å²) >= 11 is 0. The zero-order chi connectivity index (χ0) is 21.4. The number of hydrogen-bond acceptors (Lipinski definition) is 2. The number of hydrogen-bond donors (Lipinski definition) is 0. The minimum atomic E-state index is -0.129. The molecule has 172 valence electrons. The Labute approximate surface area is 183 Å². The van der Waals surface area contributed by atoms with Crippen molar-refractivity contribution in [1.82, 2.24) is 0 Å². The van der Waals surface area contributed by atoms with E-state index in [2.05, 4.69) is 13.5 Å². The summed E-state index contributed by atoms with van der Waals surface area (Å²) in [5.41, 5.74) is 0. The predicted molar refractivity (Wildman–Crippen MR) is 128 cm³/mol. The van der Waals surface area contributed by atoms with E-state index in [1.54, 1.807) is 6.92 Å². The number of esters is 1. The topological polar surface area (TPSA) is 26.3 Å². The molecule has 0 radical (unpaired) electrons. The molecular weight excluding hydrogens is 356 g/mol. The third kappa shape index (κ3) is 25.2. The Hall–Kier alpha value is -0.790. The van der Waals surface area contributed by atoms with Crippen molar-refractivity contribution < 1.29 is 9.53 Å². The number of unbranched alkanes of at least 4 members (excludes halogenated alkanes) is 20. The van der Waals surface area contributed by atoms with Crippen LogP contribution < -0.4 is 0 Å². The van der Waals surface area contributed by atoms with Crippen molar-refractivity contribution in [2.24, 2.45) is 0 Å². The van der Waals surface area contributed by atoms with Crippen molar-refractivity contribution in [3.8, 4) is 0 Å². The van der Waals surface area contributed by atoms with E-state index in [1.807, 2.05) is 0 Å². The number of ether oxygens (including phenoxy) is 1. The first kappa shape index (κ1) is 28.2. The normalized spacial score (nSPS) is 11.0. The SMILES string of the molecule is C=C(C)OC(=O)CCCCCCCCCCCCCCCCCCCCCCC.